The van der Waals surface area contributed by atoms with Crippen molar-refractivity contribution in [1.29, 1.82) is 0 Å². The van der Waals surface area contributed by atoms with Crippen molar-refractivity contribution in [2.45, 2.75) is 6.54 Å². The summed E-state index contributed by atoms with van der Waals surface area (Å²) in [6.45, 7) is 0.679. The average Bonchev–Trinajstić information content (AvgIpc) is 2.85. The average molecular weight is 259 g/mol. The summed E-state index contributed by atoms with van der Waals surface area (Å²) < 4.78 is 1.79. The molecule has 0 bridgehead atoms. The lowest BCUT2D eigenvalue weighted by Gasteiger charge is -2.07. The third-order valence-electron chi connectivity index (χ3n) is 2.67. The Kier molecular flexibility index (Phi) is 2.86. The molecule has 18 heavy (non-hydrogen) atoms. The highest BCUT2D eigenvalue weighted by Crippen LogP contribution is 2.15. The van der Waals surface area contributed by atoms with Crippen LogP contribution >= 0.6 is 11.6 Å². The van der Waals surface area contributed by atoms with Crippen LogP contribution in [0.5, 0.6) is 0 Å². The number of hydrogen-bond donors (Lipinski definition) is 1. The molecule has 3 rings (SSSR count). The number of anilines is 1. The van der Waals surface area contributed by atoms with Crippen molar-refractivity contribution >= 4 is 22.9 Å². The first-order chi connectivity index (χ1) is 8.83. The van der Waals surface area contributed by atoms with E-state index in [1.54, 1.807) is 16.9 Å². The monoisotopic (exact) mass is 258 g/mol. The molecule has 0 aliphatic carbocycles. The fourth-order valence-corrected chi connectivity index (χ4v) is 2.04. The Morgan fingerprint density at radius 3 is 3.06 bits per heavy atom. The fourth-order valence-electron chi connectivity index (χ4n) is 1.83. The quantitative estimate of drug-likeness (QED) is 0.785. The van der Waals surface area contributed by atoms with E-state index in [4.69, 9.17) is 11.6 Å². The zero-order valence-electron chi connectivity index (χ0n) is 9.55. The van der Waals surface area contributed by atoms with E-state index in [-0.39, 0.29) is 0 Å². The maximum absolute atomic E-state index is 5.95. The van der Waals surface area contributed by atoms with E-state index in [9.17, 15) is 0 Å². The third-order valence-corrected chi connectivity index (χ3v) is 2.91. The van der Waals surface area contributed by atoms with E-state index in [0.717, 1.165) is 21.9 Å². The van der Waals surface area contributed by atoms with Gasteiger partial charge in [-0.3, -0.25) is 0 Å². The molecule has 0 saturated heterocycles. The predicted molar refractivity (Wildman–Crippen MR) is 71.8 cm³/mol. The number of hydrogen-bond acceptors (Lipinski definition) is 3. The Morgan fingerprint density at radius 2 is 2.17 bits per heavy atom. The fraction of sp³-hybridized carbons (Fsp3) is 0.0769. The van der Waals surface area contributed by atoms with Crippen molar-refractivity contribution in [1.82, 2.24) is 14.6 Å². The second kappa shape index (κ2) is 4.66. The van der Waals surface area contributed by atoms with Crippen LogP contribution in [0.25, 0.3) is 5.52 Å². The van der Waals surface area contributed by atoms with Gasteiger partial charge >= 0.3 is 0 Å². The van der Waals surface area contributed by atoms with Gasteiger partial charge in [0.2, 0.25) is 0 Å². The van der Waals surface area contributed by atoms with Gasteiger partial charge < -0.3 is 5.32 Å². The number of fused-ring (bicyclic) bond motifs is 1. The van der Waals surface area contributed by atoms with Crippen LogP contribution in [0.4, 0.5) is 5.82 Å². The van der Waals surface area contributed by atoms with E-state index in [2.05, 4.69) is 15.4 Å². The molecular formula is C13H11ClN4. The van der Waals surface area contributed by atoms with Crippen LogP contribution in [0.3, 0.4) is 0 Å². The highest BCUT2D eigenvalue weighted by molar-refractivity contribution is 6.30. The van der Waals surface area contributed by atoms with Crippen LogP contribution in [-0.2, 0) is 6.54 Å². The second-order valence-corrected chi connectivity index (χ2v) is 4.36. The van der Waals surface area contributed by atoms with Crippen LogP contribution in [-0.4, -0.2) is 14.6 Å². The number of halogens is 1. The van der Waals surface area contributed by atoms with Gasteiger partial charge in [-0.1, -0.05) is 23.7 Å². The third kappa shape index (κ3) is 2.15. The van der Waals surface area contributed by atoms with E-state index in [1.165, 1.54) is 0 Å². The van der Waals surface area contributed by atoms with Gasteiger partial charge in [0.1, 0.15) is 5.52 Å². The number of rotatable bonds is 3. The van der Waals surface area contributed by atoms with Crippen LogP contribution < -0.4 is 5.32 Å². The highest BCUT2D eigenvalue weighted by Gasteiger charge is 2.02. The van der Waals surface area contributed by atoms with Crippen molar-refractivity contribution in [3.05, 3.63) is 59.5 Å². The summed E-state index contributed by atoms with van der Waals surface area (Å²) >= 11 is 5.95. The smallest absolute Gasteiger partial charge is 0.152 e. The van der Waals surface area contributed by atoms with Crippen LogP contribution in [0, 0.1) is 0 Å². The molecule has 90 valence electrons. The molecule has 2 heterocycles. The molecule has 0 unspecified atom stereocenters. The molecule has 1 N–H and O–H groups in total. The van der Waals surface area contributed by atoms with Gasteiger partial charge in [-0.05, 0) is 23.8 Å². The second-order valence-electron chi connectivity index (χ2n) is 3.92. The van der Waals surface area contributed by atoms with Gasteiger partial charge in [0.15, 0.2) is 5.82 Å². The summed E-state index contributed by atoms with van der Waals surface area (Å²) in [6.07, 6.45) is 5.29. The van der Waals surface area contributed by atoms with Crippen molar-refractivity contribution in [2.75, 3.05) is 5.32 Å². The lowest BCUT2D eigenvalue weighted by molar-refractivity contribution is 0.942. The number of nitrogens with zero attached hydrogens (tertiary/aromatic N) is 3. The van der Waals surface area contributed by atoms with Gasteiger partial charge in [-0.25, -0.2) is 9.50 Å². The van der Waals surface area contributed by atoms with Gasteiger partial charge in [0, 0.05) is 24.0 Å². The molecule has 3 aromatic rings. The molecule has 0 aliphatic heterocycles. The Morgan fingerprint density at radius 1 is 1.22 bits per heavy atom. The molecule has 1 aromatic carbocycles. The largest absolute Gasteiger partial charge is 0.364 e. The summed E-state index contributed by atoms with van der Waals surface area (Å²) in [6, 6.07) is 9.68. The summed E-state index contributed by atoms with van der Waals surface area (Å²) in [5.74, 6) is 0.815. The molecule has 0 spiro atoms. The molecule has 0 radical (unpaired) electrons. The molecule has 2 aromatic heterocycles. The summed E-state index contributed by atoms with van der Waals surface area (Å²) in [5.41, 5.74) is 2.07. The molecule has 5 heteroatoms. The molecule has 0 fully saturated rings. The molecule has 0 atom stereocenters. The zero-order chi connectivity index (χ0) is 12.4. The van der Waals surface area contributed by atoms with Gasteiger partial charge in [-0.15, -0.1) is 0 Å². The summed E-state index contributed by atoms with van der Waals surface area (Å²) in [7, 11) is 0. The van der Waals surface area contributed by atoms with Crippen molar-refractivity contribution in [3.63, 3.8) is 0 Å². The number of nitrogens with one attached hydrogen (secondary N) is 1. The Hall–Kier alpha value is -2.07. The van der Waals surface area contributed by atoms with E-state index in [1.807, 2.05) is 36.5 Å². The first-order valence-electron chi connectivity index (χ1n) is 5.59. The lowest BCUT2D eigenvalue weighted by Crippen LogP contribution is -2.03. The standard InChI is InChI=1S/C13H11ClN4/c14-11-3-1-2-10(8-11)9-16-13-12-4-5-17-18(12)7-6-15-13/h1-8H,9H2,(H,15,16). The number of benzene rings is 1. The molecule has 4 nitrogen and oxygen atoms in total. The highest BCUT2D eigenvalue weighted by atomic mass is 35.5. The molecule has 0 saturated carbocycles. The Balaban J connectivity index is 1.83. The molecular weight excluding hydrogens is 248 g/mol. The molecule has 0 aliphatic rings. The summed E-state index contributed by atoms with van der Waals surface area (Å²) in [5, 5.41) is 8.19. The zero-order valence-corrected chi connectivity index (χ0v) is 10.3. The Bertz CT molecular complexity index is 677. The summed E-state index contributed by atoms with van der Waals surface area (Å²) in [4.78, 5) is 4.31. The van der Waals surface area contributed by atoms with E-state index < -0.39 is 0 Å². The maximum Gasteiger partial charge on any atom is 0.152 e. The normalized spacial score (nSPS) is 10.7. The Labute approximate surface area is 109 Å². The minimum atomic E-state index is 0.679. The predicted octanol–water partition coefficient (Wildman–Crippen LogP) is 2.99. The first kappa shape index (κ1) is 11.0. The van der Waals surface area contributed by atoms with Crippen molar-refractivity contribution in [3.8, 4) is 0 Å². The topological polar surface area (TPSA) is 42.2 Å². The van der Waals surface area contributed by atoms with Gasteiger partial charge in [0.05, 0.1) is 6.20 Å². The minimum absolute atomic E-state index is 0.679. The minimum Gasteiger partial charge on any atom is -0.364 e. The van der Waals surface area contributed by atoms with Gasteiger partial charge in [-0.2, -0.15) is 5.10 Å². The number of aromatic nitrogens is 3. The van der Waals surface area contributed by atoms with Crippen LogP contribution in [0.15, 0.2) is 48.9 Å². The first-order valence-corrected chi connectivity index (χ1v) is 5.97. The SMILES string of the molecule is Clc1cccc(CNc2nccn3nccc23)c1. The van der Waals surface area contributed by atoms with E-state index >= 15 is 0 Å². The van der Waals surface area contributed by atoms with E-state index in [0.29, 0.717) is 6.54 Å². The lowest BCUT2D eigenvalue weighted by atomic mass is 10.2. The van der Waals surface area contributed by atoms with Crippen molar-refractivity contribution < 1.29 is 0 Å². The maximum atomic E-state index is 5.95. The molecule has 0 amide bonds. The van der Waals surface area contributed by atoms with Crippen LogP contribution in [0.2, 0.25) is 5.02 Å². The van der Waals surface area contributed by atoms with Crippen LogP contribution in [0.1, 0.15) is 5.56 Å². The van der Waals surface area contributed by atoms with Crippen molar-refractivity contribution in [2.24, 2.45) is 0 Å². The van der Waals surface area contributed by atoms with Gasteiger partial charge in [0.25, 0.3) is 0 Å².